The highest BCUT2D eigenvalue weighted by molar-refractivity contribution is 5.34. The maximum absolute atomic E-state index is 14.4. The standard InChI is InChI=1S/C40H66FN3/c1-12-36(21-19-17-15-14-16-18-20-30(3)4)37(13-2)27-40(10,33(7)23-24-34(8)42-11)44-28-32(6)35(9)43-29-38-25-22-31(5)26-39(38)41/h12-13,22,25-26,28,30,33-34,42-44H,1-2,9,14-21,23-24,27,29H2,3-8,10-11H3/b32-28+,37-36?. The Balaban J connectivity index is 2.99. The van der Waals surface area contributed by atoms with Gasteiger partial charge in [-0.2, -0.15) is 0 Å². The molecule has 0 aliphatic carbocycles. The van der Waals surface area contributed by atoms with Crippen molar-refractivity contribution in [1.29, 1.82) is 0 Å². The lowest BCUT2D eigenvalue weighted by Crippen LogP contribution is -2.46. The van der Waals surface area contributed by atoms with E-state index in [0.717, 1.165) is 48.4 Å². The molecule has 0 amide bonds. The summed E-state index contributed by atoms with van der Waals surface area (Å²) in [5.74, 6) is 1.02. The van der Waals surface area contributed by atoms with Gasteiger partial charge in [-0.3, -0.25) is 0 Å². The normalized spacial score (nSPS) is 15.3. The van der Waals surface area contributed by atoms with Gasteiger partial charge in [0.1, 0.15) is 5.82 Å². The van der Waals surface area contributed by atoms with E-state index in [2.05, 4.69) is 76.5 Å². The Labute approximate surface area is 271 Å². The highest BCUT2D eigenvalue weighted by Crippen LogP contribution is 2.32. The van der Waals surface area contributed by atoms with Crippen molar-refractivity contribution in [2.24, 2.45) is 11.8 Å². The Bertz CT molecular complexity index is 1080. The Morgan fingerprint density at radius 1 is 0.932 bits per heavy atom. The first-order valence-electron chi connectivity index (χ1n) is 17.1. The first kappa shape index (κ1) is 39.4. The lowest BCUT2D eigenvalue weighted by atomic mass is 9.77. The summed E-state index contributed by atoms with van der Waals surface area (Å²) >= 11 is 0. The molecule has 3 atom stereocenters. The monoisotopic (exact) mass is 608 g/mol. The van der Waals surface area contributed by atoms with Crippen molar-refractivity contribution in [2.75, 3.05) is 7.05 Å². The van der Waals surface area contributed by atoms with Gasteiger partial charge in [-0.15, -0.1) is 0 Å². The van der Waals surface area contributed by atoms with Crippen LogP contribution in [-0.2, 0) is 6.54 Å². The highest BCUT2D eigenvalue weighted by Gasteiger charge is 2.31. The second-order valence-electron chi connectivity index (χ2n) is 13.7. The predicted molar refractivity (Wildman–Crippen MR) is 193 cm³/mol. The Morgan fingerprint density at radius 2 is 1.57 bits per heavy atom. The Morgan fingerprint density at radius 3 is 2.16 bits per heavy atom. The number of aryl methyl sites for hydroxylation is 1. The maximum atomic E-state index is 14.4. The molecule has 248 valence electrons. The van der Waals surface area contributed by atoms with Crippen LogP contribution in [0.3, 0.4) is 0 Å². The minimum Gasteiger partial charge on any atom is -0.385 e. The van der Waals surface area contributed by atoms with Crippen LogP contribution in [0.15, 0.2) is 78.7 Å². The molecule has 1 rings (SSSR count). The first-order valence-corrected chi connectivity index (χ1v) is 17.1. The van der Waals surface area contributed by atoms with E-state index in [-0.39, 0.29) is 11.4 Å². The van der Waals surface area contributed by atoms with Crippen molar-refractivity contribution in [3.05, 3.63) is 95.6 Å². The number of halogens is 1. The fourth-order valence-corrected chi connectivity index (χ4v) is 5.51. The predicted octanol–water partition coefficient (Wildman–Crippen LogP) is 10.8. The summed E-state index contributed by atoms with van der Waals surface area (Å²) in [5.41, 5.74) is 5.73. The van der Waals surface area contributed by atoms with Crippen LogP contribution in [0, 0.1) is 24.6 Å². The number of benzene rings is 1. The number of hydrogen-bond donors (Lipinski definition) is 3. The lowest BCUT2D eigenvalue weighted by Gasteiger charge is -2.38. The minimum atomic E-state index is -0.202. The van der Waals surface area contributed by atoms with Crippen molar-refractivity contribution >= 4 is 0 Å². The van der Waals surface area contributed by atoms with Crippen molar-refractivity contribution < 1.29 is 4.39 Å². The zero-order chi connectivity index (χ0) is 33.1. The van der Waals surface area contributed by atoms with Crippen LogP contribution in [0.5, 0.6) is 0 Å². The van der Waals surface area contributed by atoms with E-state index >= 15 is 0 Å². The lowest BCUT2D eigenvalue weighted by molar-refractivity contribution is 0.246. The number of nitrogens with one attached hydrogen (secondary N) is 3. The number of allylic oxidation sites excluding steroid dienone is 4. The molecular formula is C40H66FN3. The third-order valence-corrected chi connectivity index (χ3v) is 9.35. The molecule has 0 aromatic heterocycles. The van der Waals surface area contributed by atoms with Crippen LogP contribution in [0.25, 0.3) is 0 Å². The van der Waals surface area contributed by atoms with E-state index in [1.165, 1.54) is 56.1 Å². The third-order valence-electron chi connectivity index (χ3n) is 9.35. The van der Waals surface area contributed by atoms with Gasteiger partial charge in [0.2, 0.25) is 0 Å². The molecule has 0 radical (unpaired) electrons. The summed E-state index contributed by atoms with van der Waals surface area (Å²) < 4.78 is 14.4. The van der Waals surface area contributed by atoms with E-state index < -0.39 is 0 Å². The highest BCUT2D eigenvalue weighted by atomic mass is 19.1. The summed E-state index contributed by atoms with van der Waals surface area (Å²) in [5, 5.41) is 10.5. The molecule has 1 aromatic carbocycles. The molecule has 0 fully saturated rings. The van der Waals surface area contributed by atoms with Gasteiger partial charge in [0, 0.05) is 35.6 Å². The molecule has 0 heterocycles. The van der Waals surface area contributed by atoms with Gasteiger partial charge in [0.05, 0.1) is 0 Å². The van der Waals surface area contributed by atoms with Crippen LogP contribution >= 0.6 is 0 Å². The topological polar surface area (TPSA) is 36.1 Å². The average Bonchev–Trinajstić information content (AvgIpc) is 2.99. The van der Waals surface area contributed by atoms with Crippen LogP contribution in [0.1, 0.15) is 123 Å². The summed E-state index contributed by atoms with van der Waals surface area (Å²) in [6.07, 6.45) is 19.4. The molecular weight excluding hydrogens is 541 g/mol. The van der Waals surface area contributed by atoms with Crippen LogP contribution in [0.4, 0.5) is 4.39 Å². The Hall–Kier alpha value is -2.59. The average molecular weight is 608 g/mol. The van der Waals surface area contributed by atoms with Crippen molar-refractivity contribution in [2.45, 2.75) is 137 Å². The van der Waals surface area contributed by atoms with Gasteiger partial charge < -0.3 is 16.0 Å². The summed E-state index contributed by atoms with van der Waals surface area (Å²) in [7, 11) is 2.03. The molecule has 0 spiro atoms. The first-order chi connectivity index (χ1) is 20.9. The van der Waals surface area contributed by atoms with E-state index in [0.29, 0.717) is 24.1 Å². The van der Waals surface area contributed by atoms with Gasteiger partial charge in [0.25, 0.3) is 0 Å². The molecule has 3 nitrogen and oxygen atoms in total. The number of hydrogen-bond acceptors (Lipinski definition) is 3. The van der Waals surface area contributed by atoms with Gasteiger partial charge >= 0.3 is 0 Å². The number of rotatable bonds is 24. The van der Waals surface area contributed by atoms with Gasteiger partial charge in [0.15, 0.2) is 0 Å². The fourth-order valence-electron chi connectivity index (χ4n) is 5.51. The maximum Gasteiger partial charge on any atom is 0.128 e. The molecule has 1 aromatic rings. The third kappa shape index (κ3) is 14.9. The van der Waals surface area contributed by atoms with E-state index in [9.17, 15) is 4.39 Å². The summed E-state index contributed by atoms with van der Waals surface area (Å²) in [6.45, 7) is 28.5. The summed E-state index contributed by atoms with van der Waals surface area (Å²) in [6, 6.07) is 5.81. The SMILES string of the molecule is C=CC(CCCCCCCCC(C)C)=C(C=C)CC(C)(N/C=C(\C)C(=C)NCc1ccc(C)cc1F)C(C)CCC(C)NC. The Kier molecular flexibility index (Phi) is 19.0. The molecule has 3 N–H and O–H groups in total. The summed E-state index contributed by atoms with van der Waals surface area (Å²) in [4.78, 5) is 0. The van der Waals surface area contributed by atoms with Crippen molar-refractivity contribution in [3.63, 3.8) is 0 Å². The fraction of sp³-hybridized carbons (Fsp3) is 0.600. The molecule has 44 heavy (non-hydrogen) atoms. The molecule has 0 bridgehead atoms. The smallest absolute Gasteiger partial charge is 0.128 e. The van der Waals surface area contributed by atoms with E-state index in [1.54, 1.807) is 6.07 Å². The molecule has 0 saturated carbocycles. The van der Waals surface area contributed by atoms with Crippen LogP contribution in [0.2, 0.25) is 0 Å². The molecule has 0 saturated heterocycles. The quantitative estimate of drug-likeness (QED) is 0.0808. The second-order valence-corrected chi connectivity index (χ2v) is 13.7. The zero-order valence-electron chi connectivity index (χ0n) is 29.7. The molecule has 4 heteroatoms. The van der Waals surface area contributed by atoms with Gasteiger partial charge in [-0.1, -0.05) is 103 Å². The van der Waals surface area contributed by atoms with Crippen molar-refractivity contribution in [3.8, 4) is 0 Å². The number of unbranched alkanes of at least 4 members (excludes halogenated alkanes) is 5. The molecule has 0 aliphatic rings. The van der Waals surface area contributed by atoms with E-state index in [4.69, 9.17) is 0 Å². The minimum absolute atomic E-state index is 0.189. The van der Waals surface area contributed by atoms with Gasteiger partial charge in [-0.25, -0.2) is 4.39 Å². The second kappa shape index (κ2) is 21.2. The van der Waals surface area contributed by atoms with Crippen LogP contribution in [-0.4, -0.2) is 18.6 Å². The van der Waals surface area contributed by atoms with Crippen LogP contribution < -0.4 is 16.0 Å². The van der Waals surface area contributed by atoms with Gasteiger partial charge in [-0.05, 0) is 107 Å². The molecule has 3 unspecified atom stereocenters. The molecule has 0 aliphatic heterocycles. The van der Waals surface area contributed by atoms with Crippen molar-refractivity contribution in [1.82, 2.24) is 16.0 Å². The largest absolute Gasteiger partial charge is 0.385 e. The zero-order valence-corrected chi connectivity index (χ0v) is 29.7. The van der Waals surface area contributed by atoms with E-state index in [1.807, 2.05) is 45.2 Å².